The number of halogens is 2. The summed E-state index contributed by atoms with van der Waals surface area (Å²) < 4.78 is 11.8. The van der Waals surface area contributed by atoms with Crippen molar-refractivity contribution in [3.8, 4) is 11.5 Å². The molecule has 3 aromatic carbocycles. The molecule has 154 valence electrons. The van der Waals surface area contributed by atoms with Gasteiger partial charge >= 0.3 is 0 Å². The van der Waals surface area contributed by atoms with Gasteiger partial charge < -0.3 is 9.47 Å². The van der Waals surface area contributed by atoms with E-state index in [0.717, 1.165) is 11.1 Å². The molecule has 0 aliphatic carbocycles. The number of hydrogen-bond donors (Lipinski definition) is 0. The van der Waals surface area contributed by atoms with E-state index in [2.05, 4.69) is 31.9 Å². The van der Waals surface area contributed by atoms with Crippen LogP contribution in [0, 0.1) is 0 Å². The van der Waals surface area contributed by atoms with Crippen LogP contribution in [0.4, 0.5) is 0 Å². The van der Waals surface area contributed by atoms with Crippen LogP contribution in [-0.2, 0) is 13.2 Å². The van der Waals surface area contributed by atoms with Crippen molar-refractivity contribution in [1.29, 1.82) is 0 Å². The first-order valence-electron chi connectivity index (χ1n) is 9.31. The van der Waals surface area contributed by atoms with Gasteiger partial charge in [0.15, 0.2) is 11.6 Å². The van der Waals surface area contributed by atoms with E-state index in [4.69, 9.17) is 9.47 Å². The predicted octanol–water partition coefficient (Wildman–Crippen LogP) is 6.00. The van der Waals surface area contributed by atoms with Crippen LogP contribution in [0.3, 0.4) is 0 Å². The normalized spacial score (nSPS) is 10.5. The van der Waals surface area contributed by atoms with E-state index < -0.39 is 0 Å². The third kappa shape index (κ3) is 6.03. The molecule has 3 aromatic rings. The lowest BCUT2D eigenvalue weighted by Gasteiger charge is -2.13. The molecule has 0 atom stereocenters. The Labute approximate surface area is 192 Å². The molecule has 0 N–H and O–H groups in total. The lowest BCUT2D eigenvalue weighted by molar-refractivity contribution is 0.101. The van der Waals surface area contributed by atoms with Crippen LogP contribution in [0.1, 0.15) is 31.8 Å². The van der Waals surface area contributed by atoms with E-state index in [1.54, 1.807) is 48.5 Å². The van der Waals surface area contributed by atoms with Crippen molar-refractivity contribution < 1.29 is 19.1 Å². The smallest absolute Gasteiger partial charge is 0.173 e. The number of ether oxygens (including phenoxy) is 2. The van der Waals surface area contributed by atoms with E-state index in [0.29, 0.717) is 46.5 Å². The van der Waals surface area contributed by atoms with Gasteiger partial charge in [-0.25, -0.2) is 0 Å². The first-order valence-corrected chi connectivity index (χ1v) is 11.6. The Bertz CT molecular complexity index is 916. The molecule has 0 amide bonds. The minimum absolute atomic E-state index is 0.0358. The van der Waals surface area contributed by atoms with Crippen molar-refractivity contribution in [2.24, 2.45) is 0 Å². The fraction of sp³-hybridized carbons (Fsp3) is 0.167. The Morgan fingerprint density at radius 1 is 0.600 bits per heavy atom. The standard InChI is InChI=1S/C24H20Br2O4/c25-13-23(27)17-5-9-21(10-6-17)29-15-19-3-1-2-4-20(19)16-30-22-11-7-18(8-12-22)24(28)14-26/h1-12H,13-16H2. The van der Waals surface area contributed by atoms with Gasteiger partial charge in [-0.2, -0.15) is 0 Å². The minimum atomic E-state index is 0.0358. The van der Waals surface area contributed by atoms with E-state index in [1.165, 1.54) is 0 Å². The van der Waals surface area contributed by atoms with E-state index in [9.17, 15) is 9.59 Å². The third-order valence-electron chi connectivity index (χ3n) is 4.50. The fourth-order valence-electron chi connectivity index (χ4n) is 2.79. The molecule has 0 saturated heterocycles. The molecule has 0 spiro atoms. The predicted molar refractivity (Wildman–Crippen MR) is 124 cm³/mol. The van der Waals surface area contributed by atoms with E-state index in [-0.39, 0.29) is 11.6 Å². The Morgan fingerprint density at radius 2 is 0.967 bits per heavy atom. The van der Waals surface area contributed by atoms with Gasteiger partial charge in [-0.15, -0.1) is 0 Å². The molecule has 0 unspecified atom stereocenters. The highest BCUT2D eigenvalue weighted by molar-refractivity contribution is 9.09. The largest absolute Gasteiger partial charge is 0.489 e. The van der Waals surface area contributed by atoms with Crippen LogP contribution < -0.4 is 9.47 Å². The maximum Gasteiger partial charge on any atom is 0.173 e. The molecule has 0 saturated carbocycles. The molecular weight excluding hydrogens is 512 g/mol. The van der Waals surface area contributed by atoms with Crippen molar-refractivity contribution >= 4 is 43.4 Å². The van der Waals surface area contributed by atoms with Crippen LogP contribution in [0.25, 0.3) is 0 Å². The van der Waals surface area contributed by atoms with Crippen molar-refractivity contribution in [3.05, 3.63) is 95.1 Å². The number of carbonyl (C=O) groups excluding carboxylic acids is 2. The van der Waals surface area contributed by atoms with Crippen molar-refractivity contribution in [2.75, 3.05) is 10.7 Å². The first-order chi connectivity index (χ1) is 14.6. The summed E-state index contributed by atoms with van der Waals surface area (Å²) in [5.41, 5.74) is 3.34. The zero-order valence-corrected chi connectivity index (χ0v) is 19.3. The quantitative estimate of drug-likeness (QED) is 0.238. The highest BCUT2D eigenvalue weighted by Crippen LogP contribution is 2.19. The summed E-state index contributed by atoms with van der Waals surface area (Å²) in [6.07, 6.45) is 0. The number of Topliss-reactive ketones (excluding diaryl/α,β-unsaturated/α-hetero) is 2. The second-order valence-electron chi connectivity index (χ2n) is 6.51. The van der Waals surface area contributed by atoms with Crippen molar-refractivity contribution in [1.82, 2.24) is 0 Å². The van der Waals surface area contributed by atoms with Gasteiger partial charge in [0, 0.05) is 11.1 Å². The molecule has 0 radical (unpaired) electrons. The van der Waals surface area contributed by atoms with Gasteiger partial charge in [0.05, 0.1) is 10.7 Å². The van der Waals surface area contributed by atoms with E-state index >= 15 is 0 Å². The SMILES string of the molecule is O=C(CBr)c1ccc(OCc2ccccc2COc2ccc(C(=O)CBr)cc2)cc1. The molecule has 30 heavy (non-hydrogen) atoms. The topological polar surface area (TPSA) is 52.6 Å². The molecule has 0 fully saturated rings. The highest BCUT2D eigenvalue weighted by Gasteiger charge is 2.07. The van der Waals surface area contributed by atoms with Crippen LogP contribution in [0.2, 0.25) is 0 Å². The molecule has 0 aromatic heterocycles. The number of hydrogen-bond acceptors (Lipinski definition) is 4. The summed E-state index contributed by atoms with van der Waals surface area (Å²) in [5, 5.41) is 0.603. The second-order valence-corrected chi connectivity index (χ2v) is 7.63. The Hall–Kier alpha value is -2.44. The summed E-state index contributed by atoms with van der Waals surface area (Å²) >= 11 is 6.35. The Morgan fingerprint density at radius 3 is 1.30 bits per heavy atom. The number of rotatable bonds is 10. The zero-order chi connectivity index (χ0) is 21.3. The summed E-state index contributed by atoms with van der Waals surface area (Å²) in [7, 11) is 0. The maximum atomic E-state index is 11.7. The molecular formula is C24H20Br2O4. The Kier molecular flexibility index (Phi) is 8.22. The maximum absolute atomic E-state index is 11.7. The number of benzene rings is 3. The molecule has 0 aliphatic heterocycles. The van der Waals surface area contributed by atoms with Crippen LogP contribution in [-0.4, -0.2) is 22.2 Å². The van der Waals surface area contributed by atoms with Gasteiger partial charge in [0.2, 0.25) is 0 Å². The van der Waals surface area contributed by atoms with Crippen molar-refractivity contribution in [3.63, 3.8) is 0 Å². The van der Waals surface area contributed by atoms with Crippen LogP contribution in [0.5, 0.6) is 11.5 Å². The van der Waals surface area contributed by atoms with Gasteiger partial charge in [-0.3, -0.25) is 9.59 Å². The van der Waals surface area contributed by atoms with Crippen LogP contribution in [0.15, 0.2) is 72.8 Å². The van der Waals surface area contributed by atoms with E-state index in [1.807, 2.05) is 24.3 Å². The average Bonchev–Trinajstić information content (AvgIpc) is 2.81. The third-order valence-corrected chi connectivity index (χ3v) is 5.52. The Balaban J connectivity index is 1.60. The van der Waals surface area contributed by atoms with Gasteiger partial charge in [0.1, 0.15) is 24.7 Å². The summed E-state index contributed by atoms with van der Waals surface area (Å²) in [6.45, 7) is 0.786. The van der Waals surface area contributed by atoms with Gasteiger partial charge in [0.25, 0.3) is 0 Å². The molecule has 6 heteroatoms. The first kappa shape index (κ1) is 22.2. The summed E-state index contributed by atoms with van der Waals surface area (Å²) in [5.74, 6) is 1.47. The summed E-state index contributed by atoms with van der Waals surface area (Å²) in [6, 6.07) is 22.1. The number of carbonyl (C=O) groups is 2. The molecule has 0 aliphatic rings. The average molecular weight is 532 g/mol. The fourth-order valence-corrected chi connectivity index (χ4v) is 3.44. The molecule has 0 heterocycles. The highest BCUT2D eigenvalue weighted by atomic mass is 79.9. The minimum Gasteiger partial charge on any atom is -0.489 e. The monoisotopic (exact) mass is 530 g/mol. The zero-order valence-electron chi connectivity index (χ0n) is 16.1. The number of ketones is 2. The lowest BCUT2D eigenvalue weighted by Crippen LogP contribution is -2.04. The van der Waals surface area contributed by atoms with Gasteiger partial charge in [-0.1, -0.05) is 56.1 Å². The molecule has 4 nitrogen and oxygen atoms in total. The second kappa shape index (κ2) is 11.1. The van der Waals surface area contributed by atoms with Crippen LogP contribution >= 0.6 is 31.9 Å². The number of alkyl halides is 2. The molecule has 0 bridgehead atoms. The lowest BCUT2D eigenvalue weighted by atomic mass is 10.1. The summed E-state index contributed by atoms with van der Waals surface area (Å²) in [4.78, 5) is 23.4. The molecule has 3 rings (SSSR count). The van der Waals surface area contributed by atoms with Gasteiger partial charge in [-0.05, 0) is 59.7 Å². The van der Waals surface area contributed by atoms with Crippen molar-refractivity contribution in [2.45, 2.75) is 13.2 Å².